The van der Waals surface area contributed by atoms with Crippen molar-refractivity contribution in [1.29, 1.82) is 0 Å². The van der Waals surface area contributed by atoms with Gasteiger partial charge in [-0.3, -0.25) is 4.79 Å². The van der Waals surface area contributed by atoms with E-state index in [9.17, 15) is 4.79 Å². The monoisotopic (exact) mass is 362 g/mol. The van der Waals surface area contributed by atoms with Crippen LogP contribution in [0.15, 0.2) is 52.4 Å². The molecule has 1 saturated heterocycles. The van der Waals surface area contributed by atoms with Gasteiger partial charge in [0.25, 0.3) is 5.91 Å². The lowest BCUT2D eigenvalue weighted by molar-refractivity contribution is -0.115. The zero-order valence-corrected chi connectivity index (χ0v) is 14.5. The van der Waals surface area contributed by atoms with E-state index in [1.807, 2.05) is 37.3 Å². The zero-order chi connectivity index (χ0) is 16.4. The number of halogens is 2. The van der Waals surface area contributed by atoms with E-state index in [0.29, 0.717) is 25.8 Å². The Morgan fingerprint density at radius 3 is 2.61 bits per heavy atom. The van der Waals surface area contributed by atoms with Crippen LogP contribution in [-0.2, 0) is 4.79 Å². The fourth-order valence-electron chi connectivity index (χ4n) is 1.98. The van der Waals surface area contributed by atoms with E-state index < -0.39 is 0 Å². The van der Waals surface area contributed by atoms with Crippen LogP contribution >= 0.6 is 35.0 Å². The van der Waals surface area contributed by atoms with Crippen LogP contribution in [-0.4, -0.2) is 11.1 Å². The molecule has 0 aromatic heterocycles. The maximum Gasteiger partial charge on any atom is 0.264 e. The van der Waals surface area contributed by atoms with Gasteiger partial charge in [-0.1, -0.05) is 59.1 Å². The third-order valence-corrected chi connectivity index (χ3v) is 4.90. The van der Waals surface area contributed by atoms with Gasteiger partial charge in [0.2, 0.25) is 0 Å². The summed E-state index contributed by atoms with van der Waals surface area (Å²) < 4.78 is 0. The van der Waals surface area contributed by atoms with Crippen molar-refractivity contribution in [1.82, 2.24) is 5.32 Å². The SMILES string of the molecule is Cc1ccc(C=C2SC(=Nc3cccc(Cl)c3Cl)NC2=O)cc1. The molecule has 23 heavy (non-hydrogen) atoms. The summed E-state index contributed by atoms with van der Waals surface area (Å²) in [6.07, 6.45) is 1.83. The molecule has 0 saturated carbocycles. The molecule has 6 heteroatoms. The van der Waals surface area contributed by atoms with Gasteiger partial charge in [0.15, 0.2) is 5.17 Å². The third kappa shape index (κ3) is 3.78. The molecule has 1 heterocycles. The van der Waals surface area contributed by atoms with Gasteiger partial charge in [-0.15, -0.1) is 0 Å². The molecule has 2 aromatic rings. The predicted octanol–water partition coefficient (Wildman–Crippen LogP) is 5.19. The van der Waals surface area contributed by atoms with Crippen molar-refractivity contribution in [3.05, 3.63) is 68.5 Å². The van der Waals surface area contributed by atoms with Crippen molar-refractivity contribution < 1.29 is 4.79 Å². The van der Waals surface area contributed by atoms with Gasteiger partial charge in [0.1, 0.15) is 0 Å². The van der Waals surface area contributed by atoms with E-state index in [-0.39, 0.29) is 5.91 Å². The number of carbonyl (C=O) groups excluding carboxylic acids is 1. The number of thioether (sulfide) groups is 1. The maximum absolute atomic E-state index is 12.1. The summed E-state index contributed by atoms with van der Waals surface area (Å²) >= 11 is 13.4. The summed E-state index contributed by atoms with van der Waals surface area (Å²) in [6, 6.07) is 13.2. The summed E-state index contributed by atoms with van der Waals surface area (Å²) in [6.45, 7) is 2.02. The van der Waals surface area contributed by atoms with E-state index >= 15 is 0 Å². The lowest BCUT2D eigenvalue weighted by Gasteiger charge is -2.00. The van der Waals surface area contributed by atoms with E-state index in [2.05, 4.69) is 10.3 Å². The Kier molecular flexibility index (Phi) is 4.76. The lowest BCUT2D eigenvalue weighted by atomic mass is 10.1. The summed E-state index contributed by atoms with van der Waals surface area (Å²) in [5.74, 6) is -0.174. The first-order valence-corrected chi connectivity index (χ1v) is 8.40. The second-order valence-electron chi connectivity index (χ2n) is 4.97. The van der Waals surface area contributed by atoms with Crippen LogP contribution < -0.4 is 5.32 Å². The number of nitrogens with zero attached hydrogens (tertiary/aromatic N) is 1. The standard InChI is InChI=1S/C17H12Cl2N2OS/c1-10-5-7-11(8-6-10)9-14-16(22)21-17(23-14)20-13-4-2-3-12(18)15(13)19/h2-9H,1H3,(H,20,21,22). The number of hydrogen-bond donors (Lipinski definition) is 1. The highest BCUT2D eigenvalue weighted by Gasteiger charge is 2.24. The second-order valence-corrected chi connectivity index (χ2v) is 6.78. The predicted molar refractivity (Wildman–Crippen MR) is 98.4 cm³/mol. The van der Waals surface area contributed by atoms with Crippen LogP contribution in [0.4, 0.5) is 5.69 Å². The number of rotatable bonds is 2. The first-order chi connectivity index (χ1) is 11.0. The van der Waals surface area contributed by atoms with Crippen LogP contribution in [0.1, 0.15) is 11.1 Å². The molecule has 0 aliphatic carbocycles. The van der Waals surface area contributed by atoms with Crippen molar-refractivity contribution in [2.75, 3.05) is 0 Å². The lowest BCUT2D eigenvalue weighted by Crippen LogP contribution is -2.19. The molecule has 1 aliphatic heterocycles. The minimum atomic E-state index is -0.174. The van der Waals surface area contributed by atoms with Gasteiger partial charge in [-0.05, 0) is 42.5 Å². The Hall–Kier alpha value is -1.75. The molecule has 2 aromatic carbocycles. The summed E-state index contributed by atoms with van der Waals surface area (Å²) in [5.41, 5.74) is 2.67. The topological polar surface area (TPSA) is 41.5 Å². The van der Waals surface area contributed by atoms with Crippen molar-refractivity contribution in [3.63, 3.8) is 0 Å². The number of aryl methyl sites for hydroxylation is 1. The average molecular weight is 363 g/mol. The smallest absolute Gasteiger partial charge is 0.264 e. The summed E-state index contributed by atoms with van der Waals surface area (Å²) in [4.78, 5) is 17.0. The van der Waals surface area contributed by atoms with Gasteiger partial charge in [-0.25, -0.2) is 4.99 Å². The van der Waals surface area contributed by atoms with Crippen molar-refractivity contribution >= 4 is 57.8 Å². The highest BCUT2D eigenvalue weighted by molar-refractivity contribution is 8.18. The summed E-state index contributed by atoms with van der Waals surface area (Å²) in [7, 11) is 0. The highest BCUT2D eigenvalue weighted by atomic mass is 35.5. The number of nitrogens with one attached hydrogen (secondary N) is 1. The van der Waals surface area contributed by atoms with E-state index in [4.69, 9.17) is 23.2 Å². The molecule has 1 amide bonds. The molecular formula is C17H12Cl2N2OS. The third-order valence-electron chi connectivity index (χ3n) is 3.18. The Balaban J connectivity index is 1.86. The number of hydrogen-bond acceptors (Lipinski definition) is 3. The van der Waals surface area contributed by atoms with Crippen molar-refractivity contribution in [2.24, 2.45) is 4.99 Å². The quantitative estimate of drug-likeness (QED) is 0.746. The Morgan fingerprint density at radius 1 is 1.13 bits per heavy atom. The molecule has 1 fully saturated rings. The zero-order valence-electron chi connectivity index (χ0n) is 12.1. The highest BCUT2D eigenvalue weighted by Crippen LogP contribution is 2.34. The van der Waals surface area contributed by atoms with Crippen molar-refractivity contribution in [2.45, 2.75) is 6.92 Å². The Labute approximate surface area is 148 Å². The number of carbonyl (C=O) groups is 1. The fourth-order valence-corrected chi connectivity index (χ4v) is 3.16. The Bertz CT molecular complexity index is 829. The van der Waals surface area contributed by atoms with Crippen LogP contribution in [0.5, 0.6) is 0 Å². The van der Waals surface area contributed by atoms with Gasteiger partial charge < -0.3 is 5.32 Å². The molecule has 0 spiro atoms. The average Bonchev–Trinajstić information content (AvgIpc) is 2.86. The van der Waals surface area contributed by atoms with Crippen molar-refractivity contribution in [3.8, 4) is 0 Å². The largest absolute Gasteiger partial charge is 0.300 e. The number of amides is 1. The minimum absolute atomic E-state index is 0.174. The van der Waals surface area contributed by atoms with E-state index in [1.165, 1.54) is 17.3 Å². The first kappa shape index (κ1) is 16.1. The van der Waals surface area contributed by atoms with Crippen LogP contribution in [0.3, 0.4) is 0 Å². The Morgan fingerprint density at radius 2 is 1.87 bits per heavy atom. The second kappa shape index (κ2) is 6.79. The molecule has 1 aliphatic rings. The normalized spacial score (nSPS) is 17.8. The molecule has 1 N–H and O–H groups in total. The van der Waals surface area contributed by atoms with Gasteiger partial charge in [-0.2, -0.15) is 0 Å². The molecule has 0 bridgehead atoms. The van der Waals surface area contributed by atoms with E-state index in [1.54, 1.807) is 18.2 Å². The van der Waals surface area contributed by atoms with Gasteiger partial charge in [0, 0.05) is 0 Å². The molecule has 0 atom stereocenters. The molecule has 0 unspecified atom stereocenters. The maximum atomic E-state index is 12.1. The fraction of sp³-hybridized carbons (Fsp3) is 0.0588. The first-order valence-electron chi connectivity index (χ1n) is 6.83. The van der Waals surface area contributed by atoms with Crippen LogP contribution in [0, 0.1) is 6.92 Å². The molecule has 3 nitrogen and oxygen atoms in total. The number of benzene rings is 2. The van der Waals surface area contributed by atoms with Crippen LogP contribution in [0.25, 0.3) is 6.08 Å². The molecular weight excluding hydrogens is 351 g/mol. The molecule has 3 rings (SSSR count). The molecule has 116 valence electrons. The number of amidine groups is 1. The van der Waals surface area contributed by atoms with E-state index in [0.717, 1.165) is 5.56 Å². The van der Waals surface area contributed by atoms with Gasteiger partial charge in [0.05, 0.1) is 20.6 Å². The number of aliphatic imine (C=N–C) groups is 1. The minimum Gasteiger partial charge on any atom is -0.300 e. The van der Waals surface area contributed by atoms with Crippen LogP contribution in [0.2, 0.25) is 10.0 Å². The molecule has 0 radical (unpaired) electrons. The summed E-state index contributed by atoms with van der Waals surface area (Å²) in [5, 5.41) is 4.02. The van der Waals surface area contributed by atoms with Gasteiger partial charge >= 0.3 is 0 Å².